The van der Waals surface area contributed by atoms with E-state index in [0.717, 1.165) is 30.5 Å². The minimum atomic E-state index is -4.25. The third-order valence-electron chi connectivity index (χ3n) is 6.15. The maximum atomic E-state index is 13.3. The van der Waals surface area contributed by atoms with Crippen molar-refractivity contribution in [3.8, 4) is 17.3 Å². The molecule has 0 saturated carbocycles. The van der Waals surface area contributed by atoms with Gasteiger partial charge in [-0.05, 0) is 65.7 Å². The fourth-order valence-corrected chi connectivity index (χ4v) is 5.81. The molecule has 13 heteroatoms. The molecule has 214 valence electrons. The lowest BCUT2D eigenvalue weighted by atomic mass is 10.1. The quantitative estimate of drug-likeness (QED) is 0.286. The van der Waals surface area contributed by atoms with Gasteiger partial charge in [-0.15, -0.1) is 0 Å². The van der Waals surface area contributed by atoms with Gasteiger partial charge in [-0.25, -0.2) is 13.1 Å². The molecule has 0 radical (unpaired) electrons. The zero-order chi connectivity index (χ0) is 29.2. The summed E-state index contributed by atoms with van der Waals surface area (Å²) in [4.78, 5) is 23.5. The fourth-order valence-electron chi connectivity index (χ4n) is 4.24. The van der Waals surface area contributed by atoms with Gasteiger partial charge in [-0.1, -0.05) is 17.7 Å². The Labute approximate surface area is 232 Å². The van der Waals surface area contributed by atoms with Gasteiger partial charge in [-0.3, -0.25) is 14.9 Å². The van der Waals surface area contributed by atoms with E-state index >= 15 is 0 Å². The Morgan fingerprint density at radius 1 is 1.20 bits per heavy atom. The minimum absolute atomic E-state index is 0.0673. The molecule has 12 nitrogen and oxygen atoms in total. The van der Waals surface area contributed by atoms with E-state index in [2.05, 4.69) is 15.1 Å². The van der Waals surface area contributed by atoms with Crippen LogP contribution in [0.25, 0.3) is 5.69 Å². The fraction of sp³-hybridized carbons (Fsp3) is 0.407. The Morgan fingerprint density at radius 2 is 1.90 bits per heavy atom. The summed E-state index contributed by atoms with van der Waals surface area (Å²) >= 11 is 0. The molecule has 2 aromatic carbocycles. The number of hydrogen-bond donors (Lipinski definition) is 2. The first-order valence-electron chi connectivity index (χ1n) is 12.8. The second-order valence-electron chi connectivity index (χ2n) is 10.7. The van der Waals surface area contributed by atoms with E-state index in [1.165, 1.54) is 10.7 Å². The smallest absolute Gasteiger partial charge is 0.272 e. The Balaban J connectivity index is 1.79. The highest BCUT2D eigenvalue weighted by Crippen LogP contribution is 2.36. The van der Waals surface area contributed by atoms with Crippen LogP contribution in [-0.2, 0) is 14.8 Å². The van der Waals surface area contributed by atoms with Crippen molar-refractivity contribution in [1.82, 2.24) is 19.8 Å². The number of rotatable bonds is 9. The van der Waals surface area contributed by atoms with Gasteiger partial charge in [-0.2, -0.15) is 9.78 Å². The highest BCUT2D eigenvalue weighted by Gasteiger charge is 2.30. The van der Waals surface area contributed by atoms with Crippen molar-refractivity contribution in [1.29, 1.82) is 0 Å². The van der Waals surface area contributed by atoms with Crippen LogP contribution in [-0.4, -0.2) is 53.8 Å². The van der Waals surface area contributed by atoms with Crippen LogP contribution in [0.1, 0.15) is 55.2 Å². The predicted molar refractivity (Wildman–Crippen MR) is 148 cm³/mol. The van der Waals surface area contributed by atoms with Crippen LogP contribution >= 0.6 is 0 Å². The predicted octanol–water partition coefficient (Wildman–Crippen LogP) is 4.18. The zero-order valence-electron chi connectivity index (χ0n) is 23.1. The molecule has 0 unspecified atom stereocenters. The molecule has 1 saturated heterocycles. The number of amides is 1. The lowest BCUT2D eigenvalue weighted by Crippen LogP contribution is -2.40. The van der Waals surface area contributed by atoms with Crippen LogP contribution in [0.5, 0.6) is 11.6 Å². The van der Waals surface area contributed by atoms with Crippen LogP contribution in [0.4, 0.5) is 5.69 Å². The van der Waals surface area contributed by atoms with Crippen molar-refractivity contribution in [2.45, 2.75) is 64.0 Å². The van der Waals surface area contributed by atoms with Crippen molar-refractivity contribution in [2.75, 3.05) is 13.2 Å². The molecule has 1 aliphatic heterocycles. The number of nitrogens with one attached hydrogen (secondary N) is 2. The average molecular weight is 572 g/mol. The second kappa shape index (κ2) is 11.4. The van der Waals surface area contributed by atoms with Crippen molar-refractivity contribution in [3.63, 3.8) is 0 Å². The number of carbonyl (C=O) groups is 1. The first-order valence-corrected chi connectivity index (χ1v) is 14.3. The largest absolute Gasteiger partial charge is 0.437 e. The van der Waals surface area contributed by atoms with Gasteiger partial charge < -0.3 is 14.8 Å². The summed E-state index contributed by atoms with van der Waals surface area (Å²) in [6.07, 6.45) is 1.72. The molecule has 1 aliphatic rings. The second-order valence-corrected chi connectivity index (χ2v) is 12.4. The van der Waals surface area contributed by atoms with Gasteiger partial charge in [0.2, 0.25) is 15.9 Å². The number of nitro groups is 1. The molecule has 0 aliphatic carbocycles. The van der Waals surface area contributed by atoms with Crippen molar-refractivity contribution in [3.05, 3.63) is 69.4 Å². The molecule has 40 heavy (non-hydrogen) atoms. The molecule has 1 atom stereocenters. The summed E-state index contributed by atoms with van der Waals surface area (Å²) in [6.45, 7) is 9.51. The van der Waals surface area contributed by atoms with Gasteiger partial charge in [0, 0.05) is 36.4 Å². The van der Waals surface area contributed by atoms with Crippen LogP contribution in [0.2, 0.25) is 0 Å². The normalized spacial score (nSPS) is 15.7. The van der Waals surface area contributed by atoms with Gasteiger partial charge in [0.05, 0.1) is 16.7 Å². The molecule has 4 rings (SSSR count). The Bertz CT molecular complexity index is 1520. The van der Waals surface area contributed by atoms with E-state index in [-0.39, 0.29) is 23.4 Å². The first kappa shape index (κ1) is 29.2. The zero-order valence-corrected chi connectivity index (χ0v) is 23.9. The molecule has 0 bridgehead atoms. The SMILES string of the molecule is Cc1ccc(-n2nc(C(=O)NC[C@H]3CCCO3)c(C)c2Oc2ccc([N+](=O)[O-])cc2S(=O)(=O)NC(C)(C)C)cc1. The van der Waals surface area contributed by atoms with E-state index < -0.39 is 37.0 Å². The summed E-state index contributed by atoms with van der Waals surface area (Å²) in [5, 5.41) is 18.8. The van der Waals surface area contributed by atoms with E-state index in [4.69, 9.17) is 9.47 Å². The molecule has 1 amide bonds. The first-order chi connectivity index (χ1) is 18.7. The Kier molecular flexibility index (Phi) is 8.28. The number of sulfonamides is 1. The molecule has 1 aromatic heterocycles. The summed E-state index contributed by atoms with van der Waals surface area (Å²) in [7, 11) is -4.25. The van der Waals surface area contributed by atoms with E-state index in [9.17, 15) is 23.3 Å². The maximum absolute atomic E-state index is 13.3. The van der Waals surface area contributed by atoms with Gasteiger partial charge in [0.15, 0.2) is 5.69 Å². The number of hydrogen-bond acceptors (Lipinski definition) is 8. The van der Waals surface area contributed by atoms with Crippen molar-refractivity contribution >= 4 is 21.6 Å². The number of benzene rings is 2. The van der Waals surface area contributed by atoms with Crippen molar-refractivity contribution in [2.24, 2.45) is 0 Å². The molecule has 2 N–H and O–H groups in total. The molecular weight excluding hydrogens is 538 g/mol. The minimum Gasteiger partial charge on any atom is -0.437 e. The summed E-state index contributed by atoms with van der Waals surface area (Å²) in [6, 6.07) is 10.6. The van der Waals surface area contributed by atoms with Crippen LogP contribution < -0.4 is 14.8 Å². The van der Waals surface area contributed by atoms with Crippen LogP contribution in [0.15, 0.2) is 47.4 Å². The topological polar surface area (TPSA) is 155 Å². The number of non-ortho nitro benzene ring substituents is 1. The molecular formula is C27H33N5O7S. The van der Waals surface area contributed by atoms with E-state index in [1.807, 2.05) is 19.1 Å². The summed E-state index contributed by atoms with van der Waals surface area (Å²) in [5.74, 6) is -0.508. The molecule has 2 heterocycles. The Hall–Kier alpha value is -3.81. The Morgan fingerprint density at radius 3 is 2.50 bits per heavy atom. The highest BCUT2D eigenvalue weighted by molar-refractivity contribution is 7.89. The monoisotopic (exact) mass is 571 g/mol. The van der Waals surface area contributed by atoms with E-state index in [1.54, 1.807) is 39.8 Å². The molecule has 0 spiro atoms. The summed E-state index contributed by atoms with van der Waals surface area (Å²) < 4.78 is 42.3. The van der Waals surface area contributed by atoms with Gasteiger partial charge >= 0.3 is 0 Å². The standard InChI is InChI=1S/C27H33N5O7S/c1-17-8-10-19(11-9-17)31-26(18(2)24(29-31)25(33)28-16-21-7-6-14-38-21)39-22-13-12-20(32(34)35)15-23(22)40(36,37)30-27(3,4)5/h8-13,15,21,30H,6-7,14,16H2,1-5H3,(H,28,33)/t21-/m1/s1. The third kappa shape index (κ3) is 6.66. The van der Waals surface area contributed by atoms with Crippen LogP contribution in [0, 0.1) is 24.0 Å². The lowest BCUT2D eigenvalue weighted by Gasteiger charge is -2.21. The summed E-state index contributed by atoms with van der Waals surface area (Å²) in [5.41, 5.74) is 0.736. The lowest BCUT2D eigenvalue weighted by molar-refractivity contribution is -0.385. The number of nitrogens with zero attached hydrogens (tertiary/aromatic N) is 3. The molecule has 1 fully saturated rings. The van der Waals surface area contributed by atoms with Gasteiger partial charge in [0.1, 0.15) is 10.6 Å². The molecule has 3 aromatic rings. The van der Waals surface area contributed by atoms with Gasteiger partial charge in [0.25, 0.3) is 11.6 Å². The third-order valence-corrected chi connectivity index (χ3v) is 7.93. The number of aromatic nitrogens is 2. The highest BCUT2D eigenvalue weighted by atomic mass is 32.2. The number of nitro benzene ring substituents is 1. The number of ether oxygens (including phenoxy) is 2. The number of aryl methyl sites for hydroxylation is 1. The maximum Gasteiger partial charge on any atom is 0.272 e. The van der Waals surface area contributed by atoms with Crippen molar-refractivity contribution < 1.29 is 27.6 Å². The van der Waals surface area contributed by atoms with Crippen LogP contribution in [0.3, 0.4) is 0 Å². The van der Waals surface area contributed by atoms with E-state index in [0.29, 0.717) is 24.4 Å². The number of carbonyl (C=O) groups excluding carboxylic acids is 1. The average Bonchev–Trinajstić information content (AvgIpc) is 3.50.